The standard InChI is InChI=1S/C11H13BrN2O2/c1-4-7(3)10-13-6-8(12)9(14-10)11(15)16-5-2/h4,6H,5H2,1-3H3/b7-4+. The molecule has 0 fully saturated rings. The molecule has 0 aliphatic heterocycles. The monoisotopic (exact) mass is 284 g/mol. The van der Waals surface area contributed by atoms with E-state index in [4.69, 9.17) is 4.74 Å². The van der Waals surface area contributed by atoms with Crippen LogP contribution in [-0.4, -0.2) is 22.5 Å². The van der Waals surface area contributed by atoms with Gasteiger partial charge in [-0.1, -0.05) is 6.08 Å². The lowest BCUT2D eigenvalue weighted by Crippen LogP contribution is -2.10. The van der Waals surface area contributed by atoms with Crippen molar-refractivity contribution in [3.8, 4) is 0 Å². The predicted octanol–water partition coefficient (Wildman–Crippen LogP) is 2.84. The number of allylic oxidation sites excluding steroid dienone is 2. The van der Waals surface area contributed by atoms with Crippen molar-refractivity contribution in [2.45, 2.75) is 20.8 Å². The van der Waals surface area contributed by atoms with Gasteiger partial charge in [0.25, 0.3) is 0 Å². The molecule has 0 aliphatic carbocycles. The van der Waals surface area contributed by atoms with Crippen LogP contribution in [0.3, 0.4) is 0 Å². The first-order valence-electron chi connectivity index (χ1n) is 4.93. The fourth-order valence-electron chi connectivity index (χ4n) is 1.03. The zero-order valence-corrected chi connectivity index (χ0v) is 11.0. The summed E-state index contributed by atoms with van der Waals surface area (Å²) in [5, 5.41) is 0. The van der Waals surface area contributed by atoms with Crippen molar-refractivity contribution in [3.05, 3.63) is 28.3 Å². The summed E-state index contributed by atoms with van der Waals surface area (Å²) in [7, 11) is 0. The van der Waals surface area contributed by atoms with Crippen molar-refractivity contribution in [1.82, 2.24) is 9.97 Å². The second-order valence-electron chi connectivity index (χ2n) is 3.08. The number of nitrogens with zero attached hydrogens (tertiary/aromatic N) is 2. The fourth-order valence-corrected chi connectivity index (χ4v) is 1.38. The maximum atomic E-state index is 11.6. The molecular weight excluding hydrogens is 272 g/mol. The number of halogens is 1. The Hall–Kier alpha value is -1.23. The van der Waals surface area contributed by atoms with E-state index >= 15 is 0 Å². The molecule has 1 aromatic rings. The van der Waals surface area contributed by atoms with Crippen LogP contribution in [0.5, 0.6) is 0 Å². The molecule has 0 amide bonds. The number of carbonyl (C=O) groups is 1. The normalized spacial score (nSPS) is 11.4. The number of rotatable bonds is 3. The molecule has 0 spiro atoms. The summed E-state index contributed by atoms with van der Waals surface area (Å²) in [6.07, 6.45) is 3.44. The largest absolute Gasteiger partial charge is 0.461 e. The van der Waals surface area contributed by atoms with E-state index in [1.165, 1.54) is 0 Å². The van der Waals surface area contributed by atoms with Crippen LogP contribution in [0.1, 0.15) is 37.1 Å². The number of carbonyl (C=O) groups excluding carboxylic acids is 1. The van der Waals surface area contributed by atoms with Crippen LogP contribution in [-0.2, 0) is 4.74 Å². The minimum Gasteiger partial charge on any atom is -0.461 e. The van der Waals surface area contributed by atoms with Crippen LogP contribution in [0.4, 0.5) is 0 Å². The number of aromatic nitrogens is 2. The van der Waals surface area contributed by atoms with E-state index in [0.717, 1.165) is 5.57 Å². The van der Waals surface area contributed by atoms with Gasteiger partial charge in [-0.3, -0.25) is 0 Å². The van der Waals surface area contributed by atoms with Gasteiger partial charge in [0.15, 0.2) is 11.5 Å². The highest BCUT2D eigenvalue weighted by molar-refractivity contribution is 9.10. The van der Waals surface area contributed by atoms with E-state index in [1.807, 2.05) is 19.9 Å². The highest BCUT2D eigenvalue weighted by Gasteiger charge is 2.14. The van der Waals surface area contributed by atoms with Gasteiger partial charge < -0.3 is 4.74 Å². The van der Waals surface area contributed by atoms with Crippen LogP contribution in [0.25, 0.3) is 5.57 Å². The summed E-state index contributed by atoms with van der Waals surface area (Å²) >= 11 is 3.23. The van der Waals surface area contributed by atoms with E-state index in [0.29, 0.717) is 16.9 Å². The van der Waals surface area contributed by atoms with Gasteiger partial charge in [0.05, 0.1) is 11.1 Å². The summed E-state index contributed by atoms with van der Waals surface area (Å²) < 4.78 is 5.44. The Morgan fingerprint density at radius 3 is 2.88 bits per heavy atom. The minimum atomic E-state index is -0.443. The first-order chi connectivity index (χ1) is 7.60. The lowest BCUT2D eigenvalue weighted by atomic mass is 10.2. The highest BCUT2D eigenvalue weighted by atomic mass is 79.9. The van der Waals surface area contributed by atoms with Crippen molar-refractivity contribution in [1.29, 1.82) is 0 Å². The van der Waals surface area contributed by atoms with Gasteiger partial charge in [-0.05, 0) is 42.3 Å². The molecule has 5 heteroatoms. The summed E-state index contributed by atoms with van der Waals surface area (Å²) in [6, 6.07) is 0. The third kappa shape index (κ3) is 2.88. The summed E-state index contributed by atoms with van der Waals surface area (Å²) in [5.41, 5.74) is 1.17. The van der Waals surface area contributed by atoms with Crippen molar-refractivity contribution in [2.24, 2.45) is 0 Å². The van der Waals surface area contributed by atoms with Crippen LogP contribution in [0.2, 0.25) is 0 Å². The van der Waals surface area contributed by atoms with E-state index in [-0.39, 0.29) is 5.69 Å². The average Bonchev–Trinajstić information content (AvgIpc) is 2.29. The smallest absolute Gasteiger partial charge is 0.358 e. The van der Waals surface area contributed by atoms with Crippen molar-refractivity contribution >= 4 is 27.5 Å². The molecule has 0 unspecified atom stereocenters. The molecule has 0 atom stereocenters. The van der Waals surface area contributed by atoms with Gasteiger partial charge in [0, 0.05) is 6.20 Å². The first kappa shape index (κ1) is 12.8. The summed E-state index contributed by atoms with van der Waals surface area (Å²) in [5.74, 6) is 0.0932. The van der Waals surface area contributed by atoms with E-state index in [2.05, 4.69) is 25.9 Å². The molecule has 0 saturated carbocycles. The molecule has 0 radical (unpaired) electrons. The van der Waals surface area contributed by atoms with Gasteiger partial charge in [-0.15, -0.1) is 0 Å². The quantitative estimate of drug-likeness (QED) is 0.801. The Morgan fingerprint density at radius 2 is 2.31 bits per heavy atom. The lowest BCUT2D eigenvalue weighted by molar-refractivity contribution is 0.0518. The second-order valence-corrected chi connectivity index (χ2v) is 3.94. The Balaban J connectivity index is 3.13. The number of hydrogen-bond donors (Lipinski definition) is 0. The van der Waals surface area contributed by atoms with Gasteiger partial charge >= 0.3 is 5.97 Å². The molecule has 0 N–H and O–H groups in total. The SMILES string of the molecule is C/C=C(\C)c1ncc(Br)c(C(=O)OCC)n1. The molecule has 1 heterocycles. The third-order valence-electron chi connectivity index (χ3n) is 2.00. The van der Waals surface area contributed by atoms with Crippen LogP contribution < -0.4 is 0 Å². The van der Waals surface area contributed by atoms with Gasteiger partial charge in [0.2, 0.25) is 0 Å². The number of esters is 1. The molecular formula is C11H13BrN2O2. The summed E-state index contributed by atoms with van der Waals surface area (Å²) in [4.78, 5) is 19.8. The molecule has 1 aromatic heterocycles. The Kier molecular flexibility index (Phi) is 4.61. The Morgan fingerprint density at radius 1 is 1.62 bits per heavy atom. The molecule has 86 valence electrons. The van der Waals surface area contributed by atoms with Crippen LogP contribution >= 0.6 is 15.9 Å². The molecule has 0 bridgehead atoms. The summed E-state index contributed by atoms with van der Waals surface area (Å²) in [6.45, 7) is 5.86. The van der Waals surface area contributed by atoms with E-state index in [1.54, 1.807) is 13.1 Å². The topological polar surface area (TPSA) is 52.1 Å². The van der Waals surface area contributed by atoms with Gasteiger partial charge in [-0.2, -0.15) is 0 Å². The number of hydrogen-bond acceptors (Lipinski definition) is 4. The zero-order valence-electron chi connectivity index (χ0n) is 9.45. The first-order valence-corrected chi connectivity index (χ1v) is 5.72. The molecule has 0 saturated heterocycles. The minimum absolute atomic E-state index is 0.257. The average molecular weight is 285 g/mol. The maximum Gasteiger partial charge on any atom is 0.358 e. The molecule has 16 heavy (non-hydrogen) atoms. The van der Waals surface area contributed by atoms with E-state index in [9.17, 15) is 4.79 Å². The third-order valence-corrected chi connectivity index (χ3v) is 2.58. The Bertz CT molecular complexity index is 430. The van der Waals surface area contributed by atoms with E-state index < -0.39 is 5.97 Å². The lowest BCUT2D eigenvalue weighted by Gasteiger charge is -2.05. The number of ether oxygens (including phenoxy) is 1. The molecule has 4 nitrogen and oxygen atoms in total. The molecule has 0 aromatic carbocycles. The fraction of sp³-hybridized carbons (Fsp3) is 0.364. The van der Waals surface area contributed by atoms with Gasteiger partial charge in [0.1, 0.15) is 0 Å². The second kappa shape index (κ2) is 5.75. The molecule has 1 rings (SSSR count). The zero-order chi connectivity index (χ0) is 12.1. The van der Waals surface area contributed by atoms with Crippen molar-refractivity contribution in [2.75, 3.05) is 6.61 Å². The molecule has 0 aliphatic rings. The van der Waals surface area contributed by atoms with Crippen LogP contribution in [0, 0.1) is 0 Å². The predicted molar refractivity (Wildman–Crippen MR) is 65.0 cm³/mol. The van der Waals surface area contributed by atoms with Crippen molar-refractivity contribution < 1.29 is 9.53 Å². The van der Waals surface area contributed by atoms with Gasteiger partial charge in [-0.25, -0.2) is 14.8 Å². The van der Waals surface area contributed by atoms with Crippen molar-refractivity contribution in [3.63, 3.8) is 0 Å². The maximum absolute atomic E-state index is 11.6. The Labute approximate surface area is 103 Å². The highest BCUT2D eigenvalue weighted by Crippen LogP contribution is 2.17. The van der Waals surface area contributed by atoms with Crippen LogP contribution in [0.15, 0.2) is 16.7 Å².